The number of carbonyl (C=O) groups is 2. The lowest BCUT2D eigenvalue weighted by Gasteiger charge is -2.41. The van der Waals surface area contributed by atoms with E-state index in [1.807, 2.05) is 36.1 Å². The summed E-state index contributed by atoms with van der Waals surface area (Å²) in [5.41, 5.74) is 1.23. The Hall–Kier alpha value is -1.88. The number of ether oxygens (including phenoxy) is 1. The largest absolute Gasteiger partial charge is 0.465 e. The molecule has 2 saturated heterocycles. The van der Waals surface area contributed by atoms with Crippen molar-refractivity contribution in [3.05, 3.63) is 35.4 Å². The highest BCUT2D eigenvalue weighted by Gasteiger charge is 2.52. The lowest BCUT2D eigenvalue weighted by Crippen LogP contribution is -2.49. The quantitative estimate of drug-likeness (QED) is 0.711. The normalized spacial score (nSPS) is 24.9. The SMILES string of the molecule is CCOC(=O)C1(c2ccc(C(=O)N3CCC(N4CCCC(C)C4)CC3)cc2)CC1. The van der Waals surface area contributed by atoms with Gasteiger partial charge in [0.15, 0.2) is 0 Å². The van der Waals surface area contributed by atoms with Crippen molar-refractivity contribution in [3.63, 3.8) is 0 Å². The van der Waals surface area contributed by atoms with Crippen LogP contribution in [-0.2, 0) is 14.9 Å². The fourth-order valence-electron chi connectivity index (χ4n) is 5.11. The van der Waals surface area contributed by atoms with E-state index >= 15 is 0 Å². The van der Waals surface area contributed by atoms with E-state index in [-0.39, 0.29) is 11.9 Å². The molecule has 0 radical (unpaired) electrons. The van der Waals surface area contributed by atoms with Gasteiger partial charge in [0.1, 0.15) is 0 Å². The van der Waals surface area contributed by atoms with Crippen LogP contribution < -0.4 is 0 Å². The van der Waals surface area contributed by atoms with Crippen molar-refractivity contribution in [2.75, 3.05) is 32.8 Å². The first-order valence-corrected chi connectivity index (χ1v) is 11.3. The molecule has 2 heterocycles. The molecule has 1 saturated carbocycles. The zero-order valence-corrected chi connectivity index (χ0v) is 17.9. The summed E-state index contributed by atoms with van der Waals surface area (Å²) < 4.78 is 5.24. The molecule has 0 spiro atoms. The van der Waals surface area contributed by atoms with Crippen molar-refractivity contribution in [1.82, 2.24) is 9.80 Å². The maximum Gasteiger partial charge on any atom is 0.316 e. The lowest BCUT2D eigenvalue weighted by molar-refractivity contribution is -0.146. The molecule has 1 atom stereocenters. The number of rotatable bonds is 5. The van der Waals surface area contributed by atoms with Crippen molar-refractivity contribution in [3.8, 4) is 0 Å². The van der Waals surface area contributed by atoms with Gasteiger partial charge in [-0.2, -0.15) is 0 Å². The minimum atomic E-state index is -0.471. The predicted molar refractivity (Wildman–Crippen MR) is 113 cm³/mol. The fraction of sp³-hybridized carbons (Fsp3) is 0.667. The summed E-state index contributed by atoms with van der Waals surface area (Å²) >= 11 is 0. The maximum absolute atomic E-state index is 13.0. The van der Waals surface area contributed by atoms with Gasteiger partial charge in [-0.3, -0.25) is 14.5 Å². The fourth-order valence-corrected chi connectivity index (χ4v) is 5.11. The summed E-state index contributed by atoms with van der Waals surface area (Å²) in [6, 6.07) is 8.28. The van der Waals surface area contributed by atoms with Crippen molar-refractivity contribution in [2.45, 2.75) is 63.8 Å². The maximum atomic E-state index is 13.0. The summed E-state index contributed by atoms with van der Waals surface area (Å²) in [5.74, 6) is 0.780. The van der Waals surface area contributed by atoms with Crippen LogP contribution in [0.15, 0.2) is 24.3 Å². The van der Waals surface area contributed by atoms with Crippen LogP contribution in [0.5, 0.6) is 0 Å². The third-order valence-corrected chi connectivity index (χ3v) is 7.06. The van der Waals surface area contributed by atoms with Crippen LogP contribution in [0, 0.1) is 5.92 Å². The molecule has 1 unspecified atom stereocenters. The third kappa shape index (κ3) is 4.20. The van der Waals surface area contributed by atoms with Crippen LogP contribution >= 0.6 is 0 Å². The first kappa shape index (κ1) is 20.4. The van der Waals surface area contributed by atoms with E-state index in [0.717, 1.165) is 55.8 Å². The number of piperidine rings is 2. The number of carbonyl (C=O) groups excluding carboxylic acids is 2. The van der Waals surface area contributed by atoms with Gasteiger partial charge in [-0.15, -0.1) is 0 Å². The van der Waals surface area contributed by atoms with Gasteiger partial charge in [-0.1, -0.05) is 19.1 Å². The second-order valence-electron chi connectivity index (χ2n) is 9.15. The van der Waals surface area contributed by atoms with E-state index in [2.05, 4.69) is 11.8 Å². The lowest BCUT2D eigenvalue weighted by atomic mass is 9.94. The Balaban J connectivity index is 1.34. The number of likely N-dealkylation sites (tertiary alicyclic amines) is 2. The van der Waals surface area contributed by atoms with Gasteiger partial charge in [-0.05, 0) is 75.6 Å². The number of amides is 1. The molecular formula is C24H34N2O3. The average Bonchev–Trinajstić information content (AvgIpc) is 3.56. The summed E-state index contributed by atoms with van der Waals surface area (Å²) in [6.07, 6.45) is 6.47. The molecule has 3 fully saturated rings. The molecule has 0 aromatic heterocycles. The van der Waals surface area contributed by atoms with E-state index in [0.29, 0.717) is 12.6 Å². The average molecular weight is 399 g/mol. The summed E-state index contributed by atoms with van der Waals surface area (Å²) in [4.78, 5) is 29.9. The zero-order chi connectivity index (χ0) is 20.4. The molecule has 3 aliphatic rings. The Bertz CT molecular complexity index is 733. The standard InChI is InChI=1S/C24H34N2O3/c1-3-29-23(28)24(12-13-24)20-8-6-19(7-9-20)22(27)25-15-10-21(11-16-25)26-14-4-5-18(2)17-26/h6-9,18,21H,3-5,10-17H2,1-2H3. The number of nitrogens with zero attached hydrogens (tertiary/aromatic N) is 2. The number of hydrogen-bond acceptors (Lipinski definition) is 4. The van der Waals surface area contributed by atoms with Crippen LogP contribution in [0.2, 0.25) is 0 Å². The number of benzene rings is 1. The van der Waals surface area contributed by atoms with E-state index < -0.39 is 5.41 Å². The van der Waals surface area contributed by atoms with Gasteiger partial charge >= 0.3 is 5.97 Å². The number of esters is 1. The predicted octanol–water partition coefficient (Wildman–Crippen LogP) is 3.62. The highest BCUT2D eigenvalue weighted by Crippen LogP contribution is 2.49. The zero-order valence-electron chi connectivity index (χ0n) is 17.9. The Kier molecular flexibility index (Phi) is 5.95. The molecular weight excluding hydrogens is 364 g/mol. The minimum Gasteiger partial charge on any atom is -0.465 e. The van der Waals surface area contributed by atoms with Gasteiger partial charge in [0.25, 0.3) is 5.91 Å². The summed E-state index contributed by atoms with van der Waals surface area (Å²) in [6.45, 7) is 8.69. The van der Waals surface area contributed by atoms with E-state index in [4.69, 9.17) is 4.74 Å². The first-order chi connectivity index (χ1) is 14.0. The molecule has 0 bridgehead atoms. The van der Waals surface area contributed by atoms with Crippen molar-refractivity contribution in [2.24, 2.45) is 5.92 Å². The van der Waals surface area contributed by atoms with E-state index in [9.17, 15) is 9.59 Å². The molecule has 158 valence electrons. The van der Waals surface area contributed by atoms with Gasteiger partial charge in [-0.25, -0.2) is 0 Å². The molecule has 1 aromatic rings. The van der Waals surface area contributed by atoms with Crippen molar-refractivity contribution >= 4 is 11.9 Å². The Labute approximate surface area is 174 Å². The Morgan fingerprint density at radius 1 is 1.07 bits per heavy atom. The van der Waals surface area contributed by atoms with Crippen LogP contribution in [0.3, 0.4) is 0 Å². The highest BCUT2D eigenvalue weighted by molar-refractivity contribution is 5.94. The topological polar surface area (TPSA) is 49.9 Å². The molecule has 5 nitrogen and oxygen atoms in total. The first-order valence-electron chi connectivity index (χ1n) is 11.3. The molecule has 0 N–H and O–H groups in total. The van der Waals surface area contributed by atoms with Gasteiger partial charge in [0.05, 0.1) is 12.0 Å². The second kappa shape index (κ2) is 8.47. The van der Waals surface area contributed by atoms with Crippen LogP contribution in [0.4, 0.5) is 0 Å². The summed E-state index contributed by atoms with van der Waals surface area (Å²) in [5, 5.41) is 0. The molecule has 4 rings (SSSR count). The molecule has 29 heavy (non-hydrogen) atoms. The van der Waals surface area contributed by atoms with Crippen LogP contribution in [0.1, 0.15) is 68.3 Å². The van der Waals surface area contributed by atoms with Gasteiger partial charge in [0, 0.05) is 31.2 Å². The Morgan fingerprint density at radius 3 is 2.34 bits per heavy atom. The third-order valence-electron chi connectivity index (χ3n) is 7.06. The molecule has 1 amide bonds. The van der Waals surface area contributed by atoms with E-state index in [1.165, 1.54) is 25.9 Å². The monoisotopic (exact) mass is 398 g/mol. The molecule has 2 aliphatic heterocycles. The van der Waals surface area contributed by atoms with Crippen LogP contribution in [0.25, 0.3) is 0 Å². The molecule has 5 heteroatoms. The Morgan fingerprint density at radius 2 is 1.76 bits per heavy atom. The smallest absolute Gasteiger partial charge is 0.316 e. The second-order valence-corrected chi connectivity index (χ2v) is 9.15. The van der Waals surface area contributed by atoms with Gasteiger partial charge in [0.2, 0.25) is 0 Å². The summed E-state index contributed by atoms with van der Waals surface area (Å²) in [7, 11) is 0. The van der Waals surface area contributed by atoms with Crippen molar-refractivity contribution in [1.29, 1.82) is 0 Å². The highest BCUT2D eigenvalue weighted by atomic mass is 16.5. The van der Waals surface area contributed by atoms with Crippen molar-refractivity contribution < 1.29 is 14.3 Å². The van der Waals surface area contributed by atoms with E-state index in [1.54, 1.807) is 0 Å². The van der Waals surface area contributed by atoms with Crippen LogP contribution in [-0.4, -0.2) is 60.5 Å². The number of hydrogen-bond donors (Lipinski definition) is 0. The molecule has 1 aliphatic carbocycles. The molecule has 1 aromatic carbocycles. The minimum absolute atomic E-state index is 0.114. The van der Waals surface area contributed by atoms with Gasteiger partial charge < -0.3 is 9.64 Å².